The van der Waals surface area contributed by atoms with Crippen LogP contribution in [0.25, 0.3) is 0 Å². The van der Waals surface area contributed by atoms with E-state index in [0.717, 1.165) is 44.2 Å². The Morgan fingerprint density at radius 2 is 1.94 bits per heavy atom. The maximum absolute atomic E-state index is 12.1. The van der Waals surface area contributed by atoms with Crippen LogP contribution < -0.4 is 5.32 Å². The molecule has 2 bridgehead atoms. The number of likely N-dealkylation sites (tertiary alicyclic amines) is 1. The smallest absolute Gasteiger partial charge is 0.220 e. The van der Waals surface area contributed by atoms with Crippen LogP contribution in [0.1, 0.15) is 44.9 Å². The second kappa shape index (κ2) is 5.20. The molecule has 1 N–H and O–H groups in total. The molecule has 2 aliphatic carbocycles. The first-order valence-electron chi connectivity index (χ1n) is 7.68. The summed E-state index contributed by atoms with van der Waals surface area (Å²) in [7, 11) is 2.16. The quantitative estimate of drug-likeness (QED) is 0.831. The third kappa shape index (κ3) is 2.71. The molecular weight excluding hydrogens is 224 g/mol. The van der Waals surface area contributed by atoms with E-state index >= 15 is 0 Å². The molecule has 1 heterocycles. The predicted octanol–water partition coefficient (Wildman–Crippen LogP) is 2.02. The van der Waals surface area contributed by atoms with Gasteiger partial charge in [0, 0.05) is 12.5 Å². The van der Waals surface area contributed by atoms with Gasteiger partial charge in [-0.1, -0.05) is 6.42 Å². The molecular formula is C15H26N2O. The average molecular weight is 250 g/mol. The van der Waals surface area contributed by atoms with E-state index in [9.17, 15) is 4.79 Å². The highest BCUT2D eigenvalue weighted by molar-refractivity contribution is 5.76. The monoisotopic (exact) mass is 250 g/mol. The largest absolute Gasteiger partial charge is 0.353 e. The van der Waals surface area contributed by atoms with Crippen LogP contribution in [0.2, 0.25) is 0 Å². The first kappa shape index (κ1) is 12.5. The van der Waals surface area contributed by atoms with Gasteiger partial charge in [0.25, 0.3) is 0 Å². The number of nitrogens with zero attached hydrogens (tertiary/aromatic N) is 1. The number of rotatable bonds is 3. The molecule has 2 saturated carbocycles. The van der Waals surface area contributed by atoms with Crippen LogP contribution in [-0.4, -0.2) is 37.0 Å². The van der Waals surface area contributed by atoms with Crippen molar-refractivity contribution in [2.45, 2.75) is 51.0 Å². The highest BCUT2D eigenvalue weighted by Gasteiger charge is 2.40. The van der Waals surface area contributed by atoms with Crippen molar-refractivity contribution in [2.24, 2.45) is 17.8 Å². The molecule has 1 amide bonds. The minimum absolute atomic E-state index is 0.321. The topological polar surface area (TPSA) is 32.3 Å². The minimum Gasteiger partial charge on any atom is -0.353 e. The van der Waals surface area contributed by atoms with Crippen LogP contribution >= 0.6 is 0 Å². The van der Waals surface area contributed by atoms with Gasteiger partial charge >= 0.3 is 0 Å². The Bertz CT molecular complexity index is 310. The number of piperidine rings is 1. The summed E-state index contributed by atoms with van der Waals surface area (Å²) in [6, 6.07) is 0.437. The third-order valence-electron chi connectivity index (χ3n) is 5.42. The van der Waals surface area contributed by atoms with Crippen molar-refractivity contribution in [3.63, 3.8) is 0 Å². The van der Waals surface area contributed by atoms with Crippen LogP contribution in [0, 0.1) is 17.8 Å². The van der Waals surface area contributed by atoms with Crippen LogP contribution in [0.3, 0.4) is 0 Å². The van der Waals surface area contributed by atoms with Crippen molar-refractivity contribution in [1.29, 1.82) is 0 Å². The molecule has 1 saturated heterocycles. The predicted molar refractivity (Wildman–Crippen MR) is 72.2 cm³/mol. The van der Waals surface area contributed by atoms with Gasteiger partial charge in [0.2, 0.25) is 5.91 Å². The fourth-order valence-corrected chi connectivity index (χ4v) is 4.30. The lowest BCUT2D eigenvalue weighted by Gasteiger charge is -2.30. The summed E-state index contributed by atoms with van der Waals surface area (Å²) in [5.74, 6) is 2.85. The summed E-state index contributed by atoms with van der Waals surface area (Å²) < 4.78 is 0. The van der Waals surface area contributed by atoms with E-state index in [0.29, 0.717) is 17.9 Å². The van der Waals surface area contributed by atoms with E-state index in [4.69, 9.17) is 0 Å². The Morgan fingerprint density at radius 3 is 2.56 bits per heavy atom. The lowest BCUT2D eigenvalue weighted by Crippen LogP contribution is -2.43. The summed E-state index contributed by atoms with van der Waals surface area (Å²) in [6.07, 6.45) is 8.59. The lowest BCUT2D eigenvalue weighted by atomic mass is 9.86. The average Bonchev–Trinajstić information content (AvgIpc) is 2.94. The number of hydrogen-bond acceptors (Lipinski definition) is 2. The van der Waals surface area contributed by atoms with Crippen molar-refractivity contribution in [3.05, 3.63) is 0 Å². The second-order valence-corrected chi connectivity index (χ2v) is 6.78. The maximum Gasteiger partial charge on any atom is 0.220 e. The van der Waals surface area contributed by atoms with E-state index in [2.05, 4.69) is 17.3 Å². The van der Waals surface area contributed by atoms with E-state index in [1.165, 1.54) is 25.7 Å². The molecule has 1 aliphatic heterocycles. The zero-order valence-electron chi connectivity index (χ0n) is 11.5. The molecule has 18 heavy (non-hydrogen) atoms. The van der Waals surface area contributed by atoms with Crippen molar-refractivity contribution in [3.8, 4) is 0 Å². The SMILES string of the molecule is CN1CCC(NC(=O)CC2CC3CCC2C3)CC1. The van der Waals surface area contributed by atoms with Crippen LogP contribution in [-0.2, 0) is 4.79 Å². The number of nitrogens with one attached hydrogen (secondary N) is 1. The second-order valence-electron chi connectivity index (χ2n) is 6.78. The van der Waals surface area contributed by atoms with E-state index in [-0.39, 0.29) is 0 Å². The first-order valence-corrected chi connectivity index (χ1v) is 7.68. The van der Waals surface area contributed by atoms with Gasteiger partial charge in [0.1, 0.15) is 0 Å². The fraction of sp³-hybridized carbons (Fsp3) is 0.933. The standard InChI is InChI=1S/C15H26N2O/c1-17-6-4-14(5-7-17)16-15(18)10-13-9-11-2-3-12(13)8-11/h11-14H,2-10H2,1H3,(H,16,18). The van der Waals surface area contributed by atoms with Gasteiger partial charge < -0.3 is 10.2 Å². The van der Waals surface area contributed by atoms with Crippen LogP contribution in [0.4, 0.5) is 0 Å². The first-order chi connectivity index (χ1) is 8.70. The summed E-state index contributed by atoms with van der Waals surface area (Å²) >= 11 is 0. The molecule has 102 valence electrons. The molecule has 0 spiro atoms. The summed E-state index contributed by atoms with van der Waals surface area (Å²) in [6.45, 7) is 2.25. The van der Waals surface area contributed by atoms with Crippen LogP contribution in [0.5, 0.6) is 0 Å². The number of carbonyl (C=O) groups is 1. The number of carbonyl (C=O) groups excluding carboxylic acids is 1. The van der Waals surface area contributed by atoms with Gasteiger partial charge in [0.15, 0.2) is 0 Å². The van der Waals surface area contributed by atoms with Gasteiger partial charge in [-0.15, -0.1) is 0 Å². The molecule has 0 aromatic carbocycles. The molecule has 3 fully saturated rings. The molecule has 3 nitrogen and oxygen atoms in total. The zero-order chi connectivity index (χ0) is 12.5. The van der Waals surface area contributed by atoms with Gasteiger partial charge in [-0.2, -0.15) is 0 Å². The minimum atomic E-state index is 0.321. The molecule has 3 heteroatoms. The molecule has 3 atom stereocenters. The Balaban J connectivity index is 1.42. The highest BCUT2D eigenvalue weighted by atomic mass is 16.1. The molecule has 0 aromatic heterocycles. The molecule has 0 aromatic rings. The van der Waals surface area contributed by atoms with Crippen LogP contribution in [0.15, 0.2) is 0 Å². The summed E-state index contributed by atoms with van der Waals surface area (Å²) in [4.78, 5) is 14.4. The molecule has 3 unspecified atom stereocenters. The Hall–Kier alpha value is -0.570. The van der Waals surface area contributed by atoms with Gasteiger partial charge in [-0.3, -0.25) is 4.79 Å². The Kier molecular flexibility index (Phi) is 3.60. The lowest BCUT2D eigenvalue weighted by molar-refractivity contribution is -0.123. The van der Waals surface area contributed by atoms with E-state index < -0.39 is 0 Å². The Morgan fingerprint density at radius 1 is 1.17 bits per heavy atom. The summed E-state index contributed by atoms with van der Waals surface area (Å²) in [5.41, 5.74) is 0. The fourth-order valence-electron chi connectivity index (χ4n) is 4.30. The van der Waals surface area contributed by atoms with Gasteiger partial charge in [-0.05, 0) is 70.0 Å². The number of fused-ring (bicyclic) bond motifs is 2. The van der Waals surface area contributed by atoms with Crippen molar-refractivity contribution < 1.29 is 4.79 Å². The number of amides is 1. The zero-order valence-corrected chi connectivity index (χ0v) is 11.5. The maximum atomic E-state index is 12.1. The van der Waals surface area contributed by atoms with Gasteiger partial charge in [-0.25, -0.2) is 0 Å². The van der Waals surface area contributed by atoms with E-state index in [1.807, 2.05) is 0 Å². The summed E-state index contributed by atoms with van der Waals surface area (Å²) in [5, 5.41) is 3.26. The molecule has 3 aliphatic rings. The number of hydrogen-bond donors (Lipinski definition) is 1. The third-order valence-corrected chi connectivity index (χ3v) is 5.42. The van der Waals surface area contributed by atoms with Crippen molar-refractivity contribution in [2.75, 3.05) is 20.1 Å². The molecule has 0 radical (unpaired) electrons. The highest BCUT2D eigenvalue weighted by Crippen LogP contribution is 2.49. The van der Waals surface area contributed by atoms with Gasteiger partial charge in [0.05, 0.1) is 0 Å². The van der Waals surface area contributed by atoms with Crippen molar-refractivity contribution >= 4 is 5.91 Å². The van der Waals surface area contributed by atoms with Crippen molar-refractivity contribution in [1.82, 2.24) is 10.2 Å². The van der Waals surface area contributed by atoms with E-state index in [1.54, 1.807) is 0 Å². The normalized spacial score (nSPS) is 37.1. The Labute approximate surface area is 110 Å². The molecule has 3 rings (SSSR count).